The van der Waals surface area contributed by atoms with Gasteiger partial charge < -0.3 is 4.57 Å². The zero-order chi connectivity index (χ0) is 19.4. The first-order chi connectivity index (χ1) is 13.5. The van der Waals surface area contributed by atoms with Crippen molar-refractivity contribution < 1.29 is 4.39 Å². The van der Waals surface area contributed by atoms with Gasteiger partial charge in [-0.1, -0.05) is 11.6 Å². The molecule has 5 aromatic heterocycles. The predicted octanol–water partition coefficient (Wildman–Crippen LogP) is 2.96. The number of fused-ring (bicyclic) bond motifs is 3. The quantitative estimate of drug-likeness (QED) is 0.468. The molecular formula is C16H11ClFN7OS2. The Balaban J connectivity index is 1.60. The molecule has 12 heteroatoms. The number of aromatic nitrogens is 7. The summed E-state index contributed by atoms with van der Waals surface area (Å²) in [5.74, 6) is -0.394. The van der Waals surface area contributed by atoms with Gasteiger partial charge in [-0.25, -0.2) is 19.0 Å². The van der Waals surface area contributed by atoms with Crippen LogP contribution in [0.4, 0.5) is 4.39 Å². The third-order valence-corrected chi connectivity index (χ3v) is 6.67. The number of aryl methyl sites for hydroxylation is 1. The van der Waals surface area contributed by atoms with E-state index >= 15 is 0 Å². The number of H-pyrrole nitrogens is 1. The van der Waals surface area contributed by atoms with Gasteiger partial charge in [-0.2, -0.15) is 10.2 Å². The number of hydrogen-bond donors (Lipinski definition) is 1. The van der Waals surface area contributed by atoms with Crippen LogP contribution in [0.15, 0.2) is 22.7 Å². The summed E-state index contributed by atoms with van der Waals surface area (Å²) < 4.78 is 18.1. The van der Waals surface area contributed by atoms with Crippen molar-refractivity contribution in [1.82, 2.24) is 34.5 Å². The Morgan fingerprint density at radius 2 is 2.21 bits per heavy atom. The molecule has 0 aromatic carbocycles. The first-order valence-corrected chi connectivity index (χ1v) is 10.2. The zero-order valence-electron chi connectivity index (χ0n) is 14.3. The van der Waals surface area contributed by atoms with Gasteiger partial charge in [0, 0.05) is 18.9 Å². The third-order valence-electron chi connectivity index (χ3n) is 4.45. The lowest BCUT2D eigenvalue weighted by molar-refractivity contribution is 0.614. The summed E-state index contributed by atoms with van der Waals surface area (Å²) in [6.45, 7) is 0.202. The summed E-state index contributed by atoms with van der Waals surface area (Å²) in [7, 11) is 1.78. The average Bonchev–Trinajstić information content (AvgIpc) is 3.41. The molecule has 0 spiro atoms. The molecule has 0 bridgehead atoms. The van der Waals surface area contributed by atoms with E-state index in [1.807, 2.05) is 0 Å². The molecule has 0 aliphatic heterocycles. The van der Waals surface area contributed by atoms with Crippen LogP contribution in [-0.2, 0) is 20.0 Å². The SMILES string of the molecule is Cn1c2nc(Cc3[nH]ncc3F)sc2c2cnn(Cc3ncsc3Cl)c(=O)c21. The van der Waals surface area contributed by atoms with Crippen molar-refractivity contribution in [3.63, 3.8) is 0 Å². The molecule has 142 valence electrons. The molecule has 1 N–H and O–H groups in total. The second kappa shape index (κ2) is 6.47. The Labute approximate surface area is 169 Å². The fourth-order valence-electron chi connectivity index (χ4n) is 3.09. The highest BCUT2D eigenvalue weighted by molar-refractivity contribution is 7.19. The number of aromatic amines is 1. The second-order valence-electron chi connectivity index (χ2n) is 6.14. The molecule has 8 nitrogen and oxygen atoms in total. The lowest BCUT2D eigenvalue weighted by atomic mass is 10.3. The van der Waals surface area contributed by atoms with E-state index in [0.29, 0.717) is 33.3 Å². The Kier molecular flexibility index (Phi) is 4.03. The molecule has 5 aromatic rings. The van der Waals surface area contributed by atoms with E-state index in [1.165, 1.54) is 27.4 Å². The lowest BCUT2D eigenvalue weighted by Crippen LogP contribution is -2.24. The minimum atomic E-state index is -0.394. The molecule has 0 unspecified atom stereocenters. The summed E-state index contributed by atoms with van der Waals surface area (Å²) in [5, 5.41) is 12.1. The van der Waals surface area contributed by atoms with Crippen molar-refractivity contribution in [1.29, 1.82) is 0 Å². The molecular weight excluding hydrogens is 425 g/mol. The predicted molar refractivity (Wildman–Crippen MR) is 106 cm³/mol. The number of thiazole rings is 2. The minimum absolute atomic E-state index is 0.202. The molecule has 0 fully saturated rings. The molecule has 0 saturated carbocycles. The average molecular weight is 436 g/mol. The van der Waals surface area contributed by atoms with Gasteiger partial charge in [-0.05, 0) is 0 Å². The summed E-state index contributed by atoms with van der Waals surface area (Å²) in [6, 6.07) is 0. The van der Waals surface area contributed by atoms with Crippen LogP contribution in [0.2, 0.25) is 4.34 Å². The molecule has 0 atom stereocenters. The molecule has 5 rings (SSSR count). The summed E-state index contributed by atoms with van der Waals surface area (Å²) in [4.78, 5) is 21.7. The van der Waals surface area contributed by atoms with E-state index in [1.54, 1.807) is 23.3 Å². The van der Waals surface area contributed by atoms with Crippen LogP contribution in [0.25, 0.3) is 21.3 Å². The molecule has 0 amide bonds. The highest BCUT2D eigenvalue weighted by Crippen LogP contribution is 2.31. The summed E-state index contributed by atoms with van der Waals surface area (Å²) >= 11 is 8.81. The maximum Gasteiger partial charge on any atom is 0.291 e. The lowest BCUT2D eigenvalue weighted by Gasteiger charge is -2.04. The van der Waals surface area contributed by atoms with Crippen LogP contribution in [0, 0.1) is 5.82 Å². The largest absolute Gasteiger partial charge is 0.323 e. The van der Waals surface area contributed by atoms with E-state index in [4.69, 9.17) is 11.6 Å². The Bertz CT molecular complexity index is 1400. The highest BCUT2D eigenvalue weighted by Gasteiger charge is 2.19. The maximum atomic E-state index is 13.6. The number of hydrogen-bond acceptors (Lipinski definition) is 7. The van der Waals surface area contributed by atoms with Crippen molar-refractivity contribution >= 4 is 55.5 Å². The normalized spacial score (nSPS) is 11.8. The molecule has 5 heterocycles. The van der Waals surface area contributed by atoms with Crippen molar-refractivity contribution in [2.75, 3.05) is 0 Å². The highest BCUT2D eigenvalue weighted by atomic mass is 35.5. The van der Waals surface area contributed by atoms with E-state index in [0.717, 1.165) is 21.3 Å². The van der Waals surface area contributed by atoms with Gasteiger partial charge in [0.25, 0.3) is 5.56 Å². The molecule has 28 heavy (non-hydrogen) atoms. The first-order valence-electron chi connectivity index (χ1n) is 8.12. The standard InChI is InChI=1S/C16H11ClFN7OS2/c1-24-12-7(3-21-25(16(12)26)5-10-14(17)27-6-19-10)13-15(24)22-11(28-13)2-9-8(18)4-20-23-9/h3-4,6H,2,5H2,1H3,(H,20,23). The van der Waals surface area contributed by atoms with E-state index in [-0.39, 0.29) is 12.1 Å². The zero-order valence-corrected chi connectivity index (χ0v) is 16.7. The van der Waals surface area contributed by atoms with Gasteiger partial charge in [0.1, 0.15) is 14.9 Å². The van der Waals surface area contributed by atoms with Crippen LogP contribution < -0.4 is 5.56 Å². The number of rotatable bonds is 4. The first kappa shape index (κ1) is 17.5. The Hall–Kier alpha value is -2.63. The third kappa shape index (κ3) is 2.65. The Morgan fingerprint density at radius 3 is 2.93 bits per heavy atom. The van der Waals surface area contributed by atoms with Crippen molar-refractivity contribution in [3.8, 4) is 0 Å². The maximum absolute atomic E-state index is 13.6. The fourth-order valence-corrected chi connectivity index (χ4v) is 4.97. The molecule has 0 saturated heterocycles. The van der Waals surface area contributed by atoms with Gasteiger partial charge in [0.2, 0.25) is 0 Å². The number of nitrogens with zero attached hydrogens (tertiary/aromatic N) is 6. The van der Waals surface area contributed by atoms with Crippen molar-refractivity contribution in [3.05, 3.63) is 54.8 Å². The summed E-state index contributed by atoms with van der Waals surface area (Å²) in [5.41, 5.74) is 3.55. The van der Waals surface area contributed by atoms with Crippen LogP contribution in [0.1, 0.15) is 16.4 Å². The van der Waals surface area contributed by atoms with Gasteiger partial charge in [0.15, 0.2) is 11.5 Å². The minimum Gasteiger partial charge on any atom is -0.323 e. The molecule has 0 radical (unpaired) electrons. The fraction of sp³-hybridized carbons (Fsp3) is 0.188. The van der Waals surface area contributed by atoms with E-state index in [9.17, 15) is 9.18 Å². The number of halogens is 2. The van der Waals surface area contributed by atoms with Gasteiger partial charge in [-0.3, -0.25) is 9.89 Å². The van der Waals surface area contributed by atoms with Crippen molar-refractivity contribution in [2.45, 2.75) is 13.0 Å². The van der Waals surface area contributed by atoms with Gasteiger partial charge >= 0.3 is 0 Å². The van der Waals surface area contributed by atoms with Gasteiger partial charge in [0.05, 0.1) is 40.5 Å². The Morgan fingerprint density at radius 1 is 1.36 bits per heavy atom. The van der Waals surface area contributed by atoms with Crippen LogP contribution in [0.3, 0.4) is 0 Å². The summed E-state index contributed by atoms with van der Waals surface area (Å²) in [6.07, 6.45) is 3.09. The molecule has 0 aliphatic rings. The van der Waals surface area contributed by atoms with Gasteiger partial charge in [-0.15, -0.1) is 22.7 Å². The van der Waals surface area contributed by atoms with E-state index < -0.39 is 5.82 Å². The van der Waals surface area contributed by atoms with Crippen LogP contribution in [0.5, 0.6) is 0 Å². The number of nitrogens with one attached hydrogen (secondary N) is 1. The van der Waals surface area contributed by atoms with E-state index in [2.05, 4.69) is 25.3 Å². The molecule has 0 aliphatic carbocycles. The van der Waals surface area contributed by atoms with Crippen LogP contribution in [-0.4, -0.2) is 34.5 Å². The second-order valence-corrected chi connectivity index (χ2v) is 8.68. The van der Waals surface area contributed by atoms with Crippen LogP contribution >= 0.6 is 34.3 Å². The smallest absolute Gasteiger partial charge is 0.291 e. The monoisotopic (exact) mass is 435 g/mol. The topological polar surface area (TPSA) is 94.3 Å². The van der Waals surface area contributed by atoms with Crippen molar-refractivity contribution in [2.24, 2.45) is 7.05 Å².